The molecule has 1 aliphatic heterocycles. The van der Waals surface area contributed by atoms with Crippen molar-refractivity contribution in [3.8, 4) is 0 Å². The molecule has 1 heterocycles. The molecule has 3 atom stereocenters. The first-order valence-corrected chi connectivity index (χ1v) is 10.5. The minimum Gasteiger partial charge on any atom is -0.375 e. The van der Waals surface area contributed by atoms with Gasteiger partial charge in [-0.2, -0.15) is 13.2 Å². The molecule has 0 bridgehead atoms. The van der Waals surface area contributed by atoms with Gasteiger partial charge in [0.05, 0.1) is 5.57 Å². The van der Waals surface area contributed by atoms with E-state index in [1.165, 1.54) is 11.1 Å². The topological polar surface area (TPSA) is 27.8 Å². The minimum absolute atomic E-state index is 0.0617. The first-order chi connectivity index (χ1) is 13.8. The van der Waals surface area contributed by atoms with E-state index in [0.717, 1.165) is 12.1 Å². The number of alkyl halides is 3. The molecule has 1 aliphatic carbocycles. The average molecular weight is 423 g/mol. The van der Waals surface area contributed by atoms with E-state index in [1.54, 1.807) is 14.0 Å². The monoisotopic (exact) mass is 422 g/mol. The molecule has 0 aromatic heterocycles. The normalized spacial score (nSPS) is 25.6. The third kappa shape index (κ3) is 4.11. The van der Waals surface area contributed by atoms with Crippen molar-refractivity contribution in [1.82, 2.24) is 4.90 Å². The highest BCUT2D eigenvalue weighted by Crippen LogP contribution is 2.49. The summed E-state index contributed by atoms with van der Waals surface area (Å²) in [5, 5.41) is 3.36. The molecular formula is C24H33F3N2O. The lowest BCUT2D eigenvalue weighted by atomic mass is 9.86. The Morgan fingerprint density at radius 2 is 1.93 bits per heavy atom. The van der Waals surface area contributed by atoms with Crippen LogP contribution in [0.2, 0.25) is 0 Å². The zero-order valence-electron chi connectivity index (χ0n) is 18.9. The molecule has 3 unspecified atom stereocenters. The number of hydrogen-bond acceptors (Lipinski definition) is 3. The Morgan fingerprint density at radius 3 is 2.50 bits per heavy atom. The molecule has 0 spiro atoms. The third-order valence-electron chi connectivity index (χ3n) is 6.58. The fourth-order valence-electron chi connectivity index (χ4n) is 4.71. The highest BCUT2D eigenvalue weighted by molar-refractivity contribution is 5.62. The molecule has 0 saturated carbocycles. The van der Waals surface area contributed by atoms with Crippen molar-refractivity contribution in [2.75, 3.05) is 12.4 Å². The number of halogens is 3. The lowest BCUT2D eigenvalue weighted by Gasteiger charge is -2.28. The van der Waals surface area contributed by atoms with Crippen LogP contribution in [0.25, 0.3) is 0 Å². The van der Waals surface area contributed by atoms with E-state index in [9.17, 15) is 13.2 Å². The van der Waals surface area contributed by atoms with E-state index < -0.39 is 24.1 Å². The Bertz CT molecular complexity index is 870. The number of fused-ring (bicyclic) bond motifs is 1. The molecule has 3 rings (SSSR count). The number of anilines is 1. The quantitative estimate of drug-likeness (QED) is 0.428. The van der Waals surface area contributed by atoms with Crippen molar-refractivity contribution in [2.24, 2.45) is 0 Å². The van der Waals surface area contributed by atoms with E-state index in [0.29, 0.717) is 11.6 Å². The highest BCUT2D eigenvalue weighted by Gasteiger charge is 2.50. The van der Waals surface area contributed by atoms with Crippen LogP contribution in [-0.4, -0.2) is 36.5 Å². The van der Waals surface area contributed by atoms with Gasteiger partial charge in [0.25, 0.3) is 0 Å². The van der Waals surface area contributed by atoms with Gasteiger partial charge in [-0.25, -0.2) is 0 Å². The van der Waals surface area contributed by atoms with Crippen molar-refractivity contribution in [3.63, 3.8) is 0 Å². The summed E-state index contributed by atoms with van der Waals surface area (Å²) >= 11 is 0. The lowest BCUT2D eigenvalue weighted by molar-refractivity contribution is -0.0896. The predicted octanol–water partition coefficient (Wildman–Crippen LogP) is 6.34. The van der Waals surface area contributed by atoms with Crippen LogP contribution in [0.4, 0.5) is 18.9 Å². The number of allylic oxidation sites excluding steroid dienone is 1. The van der Waals surface area contributed by atoms with E-state index in [1.807, 2.05) is 30.9 Å². The molecule has 1 N–H and O–H groups in total. The van der Waals surface area contributed by atoms with Gasteiger partial charge in [-0.05, 0) is 55.7 Å². The molecule has 1 aromatic carbocycles. The van der Waals surface area contributed by atoms with E-state index in [-0.39, 0.29) is 17.0 Å². The molecule has 2 aliphatic rings. The number of benzene rings is 1. The molecule has 1 fully saturated rings. The van der Waals surface area contributed by atoms with Gasteiger partial charge in [-0.15, -0.1) is 0 Å². The van der Waals surface area contributed by atoms with Crippen molar-refractivity contribution in [1.29, 1.82) is 0 Å². The summed E-state index contributed by atoms with van der Waals surface area (Å²) < 4.78 is 46.4. The van der Waals surface area contributed by atoms with E-state index >= 15 is 0 Å². The summed E-state index contributed by atoms with van der Waals surface area (Å²) in [6, 6.07) is 6.20. The van der Waals surface area contributed by atoms with Gasteiger partial charge in [0.2, 0.25) is 0 Å². The Labute approximate surface area is 178 Å². The summed E-state index contributed by atoms with van der Waals surface area (Å²) in [5.74, 6) is 0.380. The van der Waals surface area contributed by atoms with Gasteiger partial charge >= 0.3 is 6.18 Å². The molecule has 6 heteroatoms. The minimum atomic E-state index is -4.50. The Kier molecular flexibility index (Phi) is 5.78. The second kappa shape index (κ2) is 7.63. The summed E-state index contributed by atoms with van der Waals surface area (Å²) in [4.78, 5) is 1.83. The van der Waals surface area contributed by atoms with Crippen molar-refractivity contribution in [2.45, 2.75) is 83.8 Å². The number of epoxide rings is 1. The second-order valence-corrected chi connectivity index (χ2v) is 9.56. The molecule has 0 amide bonds. The summed E-state index contributed by atoms with van der Waals surface area (Å²) in [6.07, 6.45) is -4.64. The summed E-state index contributed by atoms with van der Waals surface area (Å²) in [5.41, 5.74) is 3.39. The van der Waals surface area contributed by atoms with Gasteiger partial charge in [-0.1, -0.05) is 39.5 Å². The van der Waals surface area contributed by atoms with Crippen LogP contribution in [0.1, 0.15) is 65.0 Å². The first kappa shape index (κ1) is 22.7. The van der Waals surface area contributed by atoms with Crippen LogP contribution >= 0.6 is 0 Å². The third-order valence-corrected chi connectivity index (χ3v) is 6.58. The second-order valence-electron chi connectivity index (χ2n) is 9.56. The Balaban J connectivity index is 1.90. The van der Waals surface area contributed by atoms with Gasteiger partial charge in [0.1, 0.15) is 6.10 Å². The SMILES string of the molecule is C=C(C(=C(C)N(C)C(C)C)C1OC1Nc1cccc2c1C(C)CC2(C)C)C(F)(F)F. The van der Waals surface area contributed by atoms with Crippen LogP contribution < -0.4 is 5.32 Å². The molecule has 1 aromatic rings. The summed E-state index contributed by atoms with van der Waals surface area (Å²) in [7, 11) is 1.79. The van der Waals surface area contributed by atoms with E-state index in [4.69, 9.17) is 4.74 Å². The van der Waals surface area contributed by atoms with Crippen LogP contribution in [0.3, 0.4) is 0 Å². The molecule has 166 valence electrons. The smallest absolute Gasteiger partial charge is 0.375 e. The number of hydrogen-bond donors (Lipinski definition) is 1. The molecular weight excluding hydrogens is 389 g/mol. The van der Waals surface area contributed by atoms with Crippen LogP contribution in [-0.2, 0) is 10.2 Å². The number of nitrogens with zero attached hydrogens (tertiary/aromatic N) is 1. The molecule has 0 radical (unpaired) electrons. The van der Waals surface area contributed by atoms with Crippen molar-refractivity contribution < 1.29 is 17.9 Å². The standard InChI is InChI=1S/C24H33F3N2O/c1-13(2)29(8)16(5)20(15(4)24(25,26)27)21-22(30-21)28-18-11-9-10-17-19(18)14(3)12-23(17,6)7/h9-11,13-14,21-22,28H,4,12H2,1-3,5-8H3. The number of nitrogens with one attached hydrogen (secondary N) is 1. The highest BCUT2D eigenvalue weighted by atomic mass is 19.4. The number of ether oxygens (including phenoxy) is 1. The summed E-state index contributed by atoms with van der Waals surface area (Å²) in [6.45, 7) is 15.6. The zero-order valence-corrected chi connectivity index (χ0v) is 18.9. The maximum atomic E-state index is 13.6. The van der Waals surface area contributed by atoms with Gasteiger partial charge in [-0.3, -0.25) is 0 Å². The maximum absolute atomic E-state index is 13.6. The zero-order chi connectivity index (χ0) is 22.6. The fourth-order valence-corrected chi connectivity index (χ4v) is 4.71. The molecule has 3 nitrogen and oxygen atoms in total. The van der Waals surface area contributed by atoms with Crippen molar-refractivity contribution in [3.05, 3.63) is 52.7 Å². The first-order valence-electron chi connectivity index (χ1n) is 10.5. The van der Waals surface area contributed by atoms with Crippen LogP contribution in [0, 0.1) is 0 Å². The molecule has 1 saturated heterocycles. The van der Waals surface area contributed by atoms with Gasteiger partial charge in [0, 0.05) is 30.0 Å². The maximum Gasteiger partial charge on any atom is 0.416 e. The number of rotatable bonds is 6. The Hall–Kier alpha value is -1.95. The van der Waals surface area contributed by atoms with Crippen molar-refractivity contribution >= 4 is 5.69 Å². The Morgan fingerprint density at radius 1 is 1.30 bits per heavy atom. The fraction of sp³-hybridized carbons (Fsp3) is 0.583. The predicted molar refractivity (Wildman–Crippen MR) is 116 cm³/mol. The van der Waals surface area contributed by atoms with Gasteiger partial charge in [0.15, 0.2) is 6.23 Å². The van der Waals surface area contributed by atoms with E-state index in [2.05, 4.69) is 38.7 Å². The van der Waals surface area contributed by atoms with Crippen LogP contribution in [0.5, 0.6) is 0 Å². The largest absolute Gasteiger partial charge is 0.416 e. The average Bonchev–Trinajstić information content (AvgIpc) is 3.32. The lowest BCUT2D eigenvalue weighted by Crippen LogP contribution is -2.29. The molecule has 30 heavy (non-hydrogen) atoms. The van der Waals surface area contributed by atoms with Crippen LogP contribution in [0.15, 0.2) is 41.6 Å². The van der Waals surface area contributed by atoms with Gasteiger partial charge < -0.3 is 15.0 Å².